The van der Waals surface area contributed by atoms with Crippen LogP contribution in [0.15, 0.2) is 44.8 Å². The summed E-state index contributed by atoms with van der Waals surface area (Å²) in [5, 5.41) is 4.98. The Hall–Kier alpha value is -3.41. The fraction of sp³-hybridized carbons (Fsp3) is 0.429. The number of amidine groups is 1. The predicted octanol–water partition coefficient (Wildman–Crippen LogP) is 0.521. The third-order valence-corrected chi connectivity index (χ3v) is 6.93. The summed E-state index contributed by atoms with van der Waals surface area (Å²) in [6.07, 6.45) is 1.22. The first-order valence-corrected chi connectivity index (χ1v) is 12.0. The molecule has 1 atom stereocenters. The number of ether oxygens (including phenoxy) is 2. The van der Waals surface area contributed by atoms with Crippen molar-refractivity contribution in [2.45, 2.75) is 24.7 Å². The van der Waals surface area contributed by atoms with Gasteiger partial charge in [-0.1, -0.05) is 12.1 Å². The van der Waals surface area contributed by atoms with E-state index < -0.39 is 33.9 Å². The highest BCUT2D eigenvalue weighted by Crippen LogP contribution is 2.30. The molecule has 1 aromatic rings. The van der Waals surface area contributed by atoms with E-state index in [9.17, 15) is 22.8 Å². The van der Waals surface area contributed by atoms with Gasteiger partial charge >= 0.3 is 18.0 Å². The summed E-state index contributed by atoms with van der Waals surface area (Å²) in [6.45, 7) is 2.34. The first-order valence-electron chi connectivity index (χ1n) is 10.6. The second-order valence-corrected chi connectivity index (χ2v) is 9.34. The molecule has 0 radical (unpaired) electrons. The van der Waals surface area contributed by atoms with Crippen LogP contribution in [-0.2, 0) is 29.1 Å². The second-order valence-electron chi connectivity index (χ2n) is 7.76. The number of esters is 2. The zero-order chi connectivity index (χ0) is 23.6. The Morgan fingerprint density at radius 2 is 2.03 bits per heavy atom. The smallest absolute Gasteiger partial charge is 0.337 e. The highest BCUT2D eigenvalue weighted by atomic mass is 32.2. The molecule has 2 N–H and O–H groups in total. The van der Waals surface area contributed by atoms with Crippen molar-refractivity contribution in [2.75, 3.05) is 32.8 Å². The summed E-state index contributed by atoms with van der Waals surface area (Å²) in [5.74, 6) is -1.28. The van der Waals surface area contributed by atoms with Crippen LogP contribution in [-0.4, -0.2) is 70.0 Å². The number of nitrogens with zero attached hydrogens (tertiary/aromatic N) is 2. The van der Waals surface area contributed by atoms with Crippen molar-refractivity contribution in [1.82, 2.24) is 15.5 Å². The van der Waals surface area contributed by atoms with Crippen LogP contribution in [0, 0.1) is 5.92 Å². The summed E-state index contributed by atoms with van der Waals surface area (Å²) >= 11 is 0. The lowest BCUT2D eigenvalue weighted by Gasteiger charge is -2.33. The molecule has 4 rings (SSSR count). The van der Waals surface area contributed by atoms with E-state index in [1.165, 1.54) is 6.07 Å². The number of carbonyl (C=O) groups excluding carboxylic acids is 3. The molecule has 2 amide bonds. The number of amides is 2. The van der Waals surface area contributed by atoms with Gasteiger partial charge in [-0.15, -0.1) is 4.40 Å². The van der Waals surface area contributed by atoms with E-state index in [1.54, 1.807) is 30.0 Å². The summed E-state index contributed by atoms with van der Waals surface area (Å²) < 4.78 is 39.1. The third kappa shape index (κ3) is 4.70. The topological polar surface area (TPSA) is 143 Å². The molecule has 1 saturated heterocycles. The van der Waals surface area contributed by atoms with Crippen LogP contribution in [0.3, 0.4) is 0 Å². The number of nitrogens with one attached hydrogen (secondary N) is 2. The van der Waals surface area contributed by atoms with Crippen molar-refractivity contribution in [3.63, 3.8) is 0 Å². The zero-order valence-electron chi connectivity index (χ0n) is 18.0. The normalized spacial score (nSPS) is 21.5. The van der Waals surface area contributed by atoms with Crippen LogP contribution in [0.25, 0.3) is 0 Å². The number of carbonyl (C=O) groups is 3. The Balaban J connectivity index is 1.44. The fourth-order valence-corrected chi connectivity index (χ4v) is 5.24. The van der Waals surface area contributed by atoms with Crippen molar-refractivity contribution in [3.8, 4) is 0 Å². The Morgan fingerprint density at radius 1 is 1.24 bits per heavy atom. The van der Waals surface area contributed by atoms with Crippen LogP contribution in [0.1, 0.15) is 25.3 Å². The van der Waals surface area contributed by atoms with E-state index in [1.807, 2.05) is 0 Å². The van der Waals surface area contributed by atoms with Gasteiger partial charge in [0.05, 0.1) is 30.3 Å². The number of urea groups is 1. The maximum Gasteiger partial charge on any atom is 0.337 e. The van der Waals surface area contributed by atoms with Gasteiger partial charge in [0, 0.05) is 18.7 Å². The van der Waals surface area contributed by atoms with Crippen LogP contribution < -0.4 is 10.6 Å². The first-order chi connectivity index (χ1) is 15.8. The van der Waals surface area contributed by atoms with E-state index >= 15 is 0 Å². The molecule has 1 unspecified atom stereocenters. The van der Waals surface area contributed by atoms with Gasteiger partial charge in [-0.05, 0) is 31.9 Å². The van der Waals surface area contributed by atoms with Crippen LogP contribution in [0.2, 0.25) is 0 Å². The van der Waals surface area contributed by atoms with E-state index in [0.29, 0.717) is 30.8 Å². The van der Waals surface area contributed by atoms with E-state index in [0.717, 1.165) is 0 Å². The van der Waals surface area contributed by atoms with Gasteiger partial charge in [0.1, 0.15) is 11.5 Å². The molecular formula is C21H24N4O7S. The molecule has 3 aliphatic rings. The standard InChI is InChI=1S/C21H24N4O7S/c1-2-31-20(27)15-10-22-21(28)23-16(15)12-32-19(26)13-6-5-9-25(11-13)18-14-7-3-4-8-17(14)33(29,30)24-18/h3-4,7-8,13H,2,5-6,9-12H2,1H3,(H2,22,23,28). The molecule has 0 aliphatic carbocycles. The van der Waals surface area contributed by atoms with Gasteiger partial charge < -0.3 is 25.0 Å². The monoisotopic (exact) mass is 476 g/mol. The molecule has 0 spiro atoms. The number of benzene rings is 1. The van der Waals surface area contributed by atoms with Crippen molar-refractivity contribution in [3.05, 3.63) is 41.1 Å². The van der Waals surface area contributed by atoms with Gasteiger partial charge in [0.15, 0.2) is 5.84 Å². The highest BCUT2D eigenvalue weighted by molar-refractivity contribution is 7.90. The molecule has 12 heteroatoms. The lowest BCUT2D eigenvalue weighted by Crippen LogP contribution is -2.46. The fourth-order valence-electron chi connectivity index (χ4n) is 4.01. The maximum atomic E-state index is 12.8. The molecule has 0 aromatic heterocycles. The first kappa shape index (κ1) is 22.8. The molecule has 1 aromatic carbocycles. The Morgan fingerprint density at radius 3 is 2.82 bits per heavy atom. The SMILES string of the molecule is CCOC(=O)C1=C(COC(=O)C2CCCN(C3=NS(=O)(=O)c4ccccc43)C2)NC(=O)NC1. The third-order valence-electron chi connectivity index (χ3n) is 5.60. The van der Waals surface area contributed by atoms with Crippen LogP contribution in [0.5, 0.6) is 0 Å². The number of rotatable bonds is 5. The largest absolute Gasteiger partial charge is 0.463 e. The number of fused-ring (bicyclic) bond motifs is 1. The van der Waals surface area contributed by atoms with Crippen molar-refractivity contribution in [2.24, 2.45) is 10.3 Å². The quantitative estimate of drug-likeness (QED) is 0.586. The van der Waals surface area contributed by atoms with Crippen molar-refractivity contribution in [1.29, 1.82) is 0 Å². The molecule has 0 saturated carbocycles. The van der Waals surface area contributed by atoms with Gasteiger partial charge in [-0.25, -0.2) is 9.59 Å². The van der Waals surface area contributed by atoms with E-state index in [-0.39, 0.29) is 42.5 Å². The number of likely N-dealkylation sites (tertiary alicyclic amines) is 1. The maximum absolute atomic E-state index is 12.8. The summed E-state index contributed by atoms with van der Waals surface area (Å²) in [6, 6.07) is 6.09. The number of hydrogen-bond acceptors (Lipinski definition) is 8. The molecule has 3 heterocycles. The molecule has 0 bridgehead atoms. The molecule has 176 valence electrons. The van der Waals surface area contributed by atoms with E-state index in [2.05, 4.69) is 15.0 Å². The number of piperidine rings is 1. The summed E-state index contributed by atoms with van der Waals surface area (Å²) in [7, 11) is -3.76. The zero-order valence-corrected chi connectivity index (χ0v) is 18.8. The number of hydrogen-bond donors (Lipinski definition) is 2. The highest BCUT2D eigenvalue weighted by Gasteiger charge is 2.36. The minimum Gasteiger partial charge on any atom is -0.463 e. The number of sulfonamides is 1. The van der Waals surface area contributed by atoms with Gasteiger partial charge in [-0.3, -0.25) is 4.79 Å². The molecule has 1 fully saturated rings. The minimum atomic E-state index is -3.76. The molecular weight excluding hydrogens is 452 g/mol. The molecule has 11 nitrogen and oxygen atoms in total. The van der Waals surface area contributed by atoms with Gasteiger partial charge in [0.25, 0.3) is 10.0 Å². The predicted molar refractivity (Wildman–Crippen MR) is 116 cm³/mol. The summed E-state index contributed by atoms with van der Waals surface area (Å²) in [5.41, 5.74) is 0.892. The van der Waals surface area contributed by atoms with Crippen LogP contribution >= 0.6 is 0 Å². The lowest BCUT2D eigenvalue weighted by molar-refractivity contribution is -0.149. The minimum absolute atomic E-state index is 0.0253. The van der Waals surface area contributed by atoms with E-state index in [4.69, 9.17) is 9.47 Å². The Bertz CT molecular complexity index is 1160. The van der Waals surface area contributed by atoms with Crippen LogP contribution in [0.4, 0.5) is 4.79 Å². The second kappa shape index (κ2) is 9.22. The average Bonchev–Trinajstić information content (AvgIpc) is 3.09. The molecule has 3 aliphatic heterocycles. The van der Waals surface area contributed by atoms with Crippen molar-refractivity contribution >= 4 is 33.8 Å². The average molecular weight is 477 g/mol. The lowest BCUT2D eigenvalue weighted by atomic mass is 9.97. The Kier molecular flexibility index (Phi) is 6.36. The molecule has 33 heavy (non-hydrogen) atoms. The Labute approximate surface area is 190 Å². The van der Waals surface area contributed by atoms with Gasteiger partial charge in [-0.2, -0.15) is 8.42 Å². The van der Waals surface area contributed by atoms with Gasteiger partial charge in [0.2, 0.25) is 0 Å². The van der Waals surface area contributed by atoms with Crippen molar-refractivity contribution < 1.29 is 32.3 Å². The summed E-state index contributed by atoms with van der Waals surface area (Å²) in [4.78, 5) is 38.5.